The van der Waals surface area contributed by atoms with Crippen LogP contribution >= 0.6 is 0 Å². The molecule has 1 heterocycles. The van der Waals surface area contributed by atoms with Gasteiger partial charge in [0.15, 0.2) is 0 Å². The Labute approximate surface area is 95.9 Å². The Bertz CT molecular complexity index is 396. The molecule has 1 aromatic heterocycles. The first kappa shape index (κ1) is 12.5. The van der Waals surface area contributed by atoms with E-state index in [-0.39, 0.29) is 5.92 Å². The van der Waals surface area contributed by atoms with Crippen LogP contribution in [0.2, 0.25) is 0 Å². The summed E-state index contributed by atoms with van der Waals surface area (Å²) in [5.74, 6) is 0.837. The maximum Gasteiger partial charge on any atom is 0.127 e. The minimum absolute atomic E-state index is 0.202. The molecule has 0 radical (unpaired) electrons. The number of hydrogen-bond donors (Lipinski definition) is 2. The van der Waals surface area contributed by atoms with E-state index >= 15 is 0 Å². The van der Waals surface area contributed by atoms with Crippen molar-refractivity contribution >= 4 is 5.82 Å². The van der Waals surface area contributed by atoms with Crippen LogP contribution in [-0.4, -0.2) is 22.7 Å². The molecule has 4 nitrogen and oxygen atoms in total. The zero-order chi connectivity index (χ0) is 12.1. The number of rotatable bonds is 4. The summed E-state index contributed by atoms with van der Waals surface area (Å²) in [5, 5.41) is 21.5. The number of pyridine rings is 1. The Morgan fingerprint density at radius 1 is 1.50 bits per heavy atom. The summed E-state index contributed by atoms with van der Waals surface area (Å²) in [7, 11) is 0. The number of aromatic nitrogens is 1. The van der Waals surface area contributed by atoms with Crippen molar-refractivity contribution in [3.8, 4) is 6.07 Å². The Hall–Kier alpha value is -1.60. The van der Waals surface area contributed by atoms with Crippen molar-refractivity contribution in [2.24, 2.45) is 5.92 Å². The number of aliphatic hydroxyl groups is 1. The van der Waals surface area contributed by atoms with E-state index in [0.29, 0.717) is 17.9 Å². The first-order valence-corrected chi connectivity index (χ1v) is 5.33. The molecule has 86 valence electrons. The first-order valence-electron chi connectivity index (χ1n) is 5.33. The predicted octanol–water partition coefficient (Wildman–Crippen LogP) is 1.69. The summed E-state index contributed by atoms with van der Waals surface area (Å²) in [5.41, 5.74) is 1.37. The van der Waals surface area contributed by atoms with Gasteiger partial charge in [-0.25, -0.2) is 4.98 Å². The highest BCUT2D eigenvalue weighted by Crippen LogP contribution is 2.10. The average Bonchev–Trinajstić information content (AvgIpc) is 2.24. The van der Waals surface area contributed by atoms with Gasteiger partial charge in [-0.15, -0.1) is 0 Å². The molecule has 0 saturated carbocycles. The van der Waals surface area contributed by atoms with Gasteiger partial charge < -0.3 is 10.4 Å². The van der Waals surface area contributed by atoms with E-state index in [1.807, 2.05) is 20.8 Å². The lowest BCUT2D eigenvalue weighted by Crippen LogP contribution is -2.25. The fraction of sp³-hybridized carbons (Fsp3) is 0.500. The van der Waals surface area contributed by atoms with E-state index in [4.69, 9.17) is 5.26 Å². The Balaban J connectivity index is 2.68. The molecular weight excluding hydrogens is 202 g/mol. The quantitative estimate of drug-likeness (QED) is 0.808. The van der Waals surface area contributed by atoms with Crippen molar-refractivity contribution in [1.82, 2.24) is 4.98 Å². The number of nitrogens with one attached hydrogen (secondary N) is 1. The Kier molecular flexibility index (Phi) is 4.27. The summed E-state index contributed by atoms with van der Waals surface area (Å²) in [6.45, 7) is 6.19. The molecule has 4 heteroatoms. The second-order valence-corrected chi connectivity index (χ2v) is 4.19. The van der Waals surface area contributed by atoms with Crippen molar-refractivity contribution in [2.75, 3.05) is 11.9 Å². The molecule has 1 atom stereocenters. The third-order valence-corrected chi connectivity index (χ3v) is 2.34. The molecule has 0 aliphatic carbocycles. The number of nitriles is 1. The molecule has 1 unspecified atom stereocenters. The van der Waals surface area contributed by atoms with Gasteiger partial charge in [-0.05, 0) is 25.0 Å². The molecule has 2 N–H and O–H groups in total. The fourth-order valence-electron chi connectivity index (χ4n) is 1.27. The first-order chi connectivity index (χ1) is 7.52. The van der Waals surface area contributed by atoms with Crippen LogP contribution in [0.4, 0.5) is 5.82 Å². The van der Waals surface area contributed by atoms with Gasteiger partial charge in [0.2, 0.25) is 0 Å². The van der Waals surface area contributed by atoms with Gasteiger partial charge in [0.05, 0.1) is 17.7 Å². The van der Waals surface area contributed by atoms with E-state index < -0.39 is 6.10 Å². The molecule has 0 amide bonds. The van der Waals surface area contributed by atoms with Crippen molar-refractivity contribution in [3.05, 3.63) is 23.4 Å². The highest BCUT2D eigenvalue weighted by Gasteiger charge is 2.09. The molecule has 1 aromatic rings. The molecule has 1 rings (SSSR count). The summed E-state index contributed by atoms with van der Waals surface area (Å²) in [6, 6.07) is 5.48. The van der Waals surface area contributed by atoms with Gasteiger partial charge in [0, 0.05) is 12.2 Å². The van der Waals surface area contributed by atoms with E-state index in [0.717, 1.165) is 5.69 Å². The number of hydrogen-bond acceptors (Lipinski definition) is 4. The summed E-state index contributed by atoms with van der Waals surface area (Å²) < 4.78 is 0. The molecule has 0 aromatic carbocycles. The maximum absolute atomic E-state index is 9.63. The SMILES string of the molecule is Cc1cc(C#N)cc(NCC(O)C(C)C)n1. The number of aryl methyl sites for hydroxylation is 1. The topological polar surface area (TPSA) is 68.9 Å². The third kappa shape index (κ3) is 3.52. The van der Waals surface area contributed by atoms with Gasteiger partial charge in [-0.1, -0.05) is 13.8 Å². The molecule has 0 bridgehead atoms. The van der Waals surface area contributed by atoms with Gasteiger partial charge >= 0.3 is 0 Å². The lowest BCUT2D eigenvalue weighted by atomic mass is 10.1. The number of aliphatic hydroxyl groups excluding tert-OH is 1. The van der Waals surface area contributed by atoms with Crippen LogP contribution < -0.4 is 5.32 Å². The molecule has 16 heavy (non-hydrogen) atoms. The normalized spacial score (nSPS) is 12.2. The zero-order valence-corrected chi connectivity index (χ0v) is 9.86. The molecular formula is C12H17N3O. The fourth-order valence-corrected chi connectivity index (χ4v) is 1.27. The van der Waals surface area contributed by atoms with Crippen LogP contribution in [0.25, 0.3) is 0 Å². The van der Waals surface area contributed by atoms with Crippen LogP contribution in [0.15, 0.2) is 12.1 Å². The minimum atomic E-state index is -0.409. The van der Waals surface area contributed by atoms with Crippen LogP contribution in [0, 0.1) is 24.2 Å². The largest absolute Gasteiger partial charge is 0.391 e. The van der Waals surface area contributed by atoms with Gasteiger partial charge in [0.25, 0.3) is 0 Å². The Morgan fingerprint density at radius 3 is 2.75 bits per heavy atom. The smallest absolute Gasteiger partial charge is 0.127 e. The standard InChI is InChI=1S/C12H17N3O/c1-8(2)11(16)7-14-12-5-10(6-13)4-9(3)15-12/h4-5,8,11,16H,7H2,1-3H3,(H,14,15). The van der Waals surface area contributed by atoms with E-state index in [1.165, 1.54) is 0 Å². The van der Waals surface area contributed by atoms with Gasteiger partial charge in [-0.3, -0.25) is 0 Å². The summed E-state index contributed by atoms with van der Waals surface area (Å²) in [4.78, 5) is 4.24. The van der Waals surface area contributed by atoms with Crippen LogP contribution in [-0.2, 0) is 0 Å². The van der Waals surface area contributed by atoms with Crippen molar-refractivity contribution < 1.29 is 5.11 Å². The number of anilines is 1. The predicted molar refractivity (Wildman–Crippen MR) is 63.0 cm³/mol. The second kappa shape index (κ2) is 5.47. The van der Waals surface area contributed by atoms with Crippen LogP contribution in [0.3, 0.4) is 0 Å². The average molecular weight is 219 g/mol. The summed E-state index contributed by atoms with van der Waals surface area (Å²) in [6.07, 6.45) is -0.409. The lowest BCUT2D eigenvalue weighted by molar-refractivity contribution is 0.138. The minimum Gasteiger partial charge on any atom is -0.391 e. The molecule has 0 aliphatic heterocycles. The van der Waals surface area contributed by atoms with Crippen molar-refractivity contribution in [1.29, 1.82) is 5.26 Å². The number of nitrogens with zero attached hydrogens (tertiary/aromatic N) is 2. The van der Waals surface area contributed by atoms with E-state index in [9.17, 15) is 5.11 Å². The Morgan fingerprint density at radius 2 is 2.19 bits per heavy atom. The molecule has 0 aliphatic rings. The highest BCUT2D eigenvalue weighted by molar-refractivity contribution is 5.44. The highest BCUT2D eigenvalue weighted by atomic mass is 16.3. The monoisotopic (exact) mass is 219 g/mol. The third-order valence-electron chi connectivity index (χ3n) is 2.34. The maximum atomic E-state index is 9.63. The molecule has 0 spiro atoms. The van der Waals surface area contributed by atoms with Crippen LogP contribution in [0.5, 0.6) is 0 Å². The van der Waals surface area contributed by atoms with Crippen molar-refractivity contribution in [3.63, 3.8) is 0 Å². The molecule has 0 fully saturated rings. The lowest BCUT2D eigenvalue weighted by Gasteiger charge is -2.15. The van der Waals surface area contributed by atoms with Gasteiger partial charge in [0.1, 0.15) is 5.82 Å². The van der Waals surface area contributed by atoms with Crippen molar-refractivity contribution in [2.45, 2.75) is 26.9 Å². The van der Waals surface area contributed by atoms with E-state index in [2.05, 4.69) is 16.4 Å². The van der Waals surface area contributed by atoms with Crippen LogP contribution in [0.1, 0.15) is 25.1 Å². The summed E-state index contributed by atoms with van der Waals surface area (Å²) >= 11 is 0. The second-order valence-electron chi connectivity index (χ2n) is 4.19. The molecule has 0 saturated heterocycles. The van der Waals surface area contributed by atoms with E-state index in [1.54, 1.807) is 12.1 Å². The zero-order valence-electron chi connectivity index (χ0n) is 9.86. The van der Waals surface area contributed by atoms with Gasteiger partial charge in [-0.2, -0.15) is 5.26 Å².